The van der Waals surface area contributed by atoms with Gasteiger partial charge >= 0.3 is 5.97 Å². The van der Waals surface area contributed by atoms with E-state index in [2.05, 4.69) is 0 Å². The number of carbonyl (C=O) groups is 2. The highest BCUT2D eigenvalue weighted by Crippen LogP contribution is 2.43. The van der Waals surface area contributed by atoms with Crippen LogP contribution in [0.15, 0.2) is 41.1 Å². The van der Waals surface area contributed by atoms with Crippen molar-refractivity contribution < 1.29 is 14.3 Å². The Hall–Kier alpha value is -1.44. The zero-order valence-electron chi connectivity index (χ0n) is 14.6. The molecule has 3 rings (SSSR count). The highest BCUT2D eigenvalue weighted by molar-refractivity contribution is 8.16. The molecule has 1 aliphatic rings. The average Bonchev–Trinajstić information content (AvgIpc) is 3.19. The lowest BCUT2D eigenvalue weighted by Crippen LogP contribution is -2.30. The molecule has 0 spiro atoms. The van der Waals surface area contributed by atoms with Gasteiger partial charge in [0.15, 0.2) is 6.61 Å². The van der Waals surface area contributed by atoms with Gasteiger partial charge in [0.1, 0.15) is 0 Å². The van der Waals surface area contributed by atoms with E-state index in [0.29, 0.717) is 16.7 Å². The summed E-state index contributed by atoms with van der Waals surface area (Å²) in [5, 5.41) is 3.97. The molecule has 1 fully saturated rings. The molecule has 0 saturated carbocycles. The van der Waals surface area contributed by atoms with E-state index in [1.54, 1.807) is 35.4 Å². The third kappa shape index (κ3) is 5.28. The van der Waals surface area contributed by atoms with Crippen LogP contribution in [0.3, 0.4) is 0 Å². The summed E-state index contributed by atoms with van der Waals surface area (Å²) in [7, 11) is 1.71. The lowest BCUT2D eigenvalue weighted by Gasteiger charge is -2.21. The van der Waals surface area contributed by atoms with Crippen LogP contribution in [-0.4, -0.2) is 41.9 Å². The van der Waals surface area contributed by atoms with Gasteiger partial charge in [0, 0.05) is 13.6 Å². The first kappa shape index (κ1) is 19.3. The minimum absolute atomic E-state index is 0.212. The van der Waals surface area contributed by atoms with Crippen molar-refractivity contribution in [3.63, 3.8) is 0 Å². The number of benzene rings is 1. The molecule has 1 aromatic heterocycles. The number of amides is 1. The van der Waals surface area contributed by atoms with E-state index < -0.39 is 5.97 Å². The number of thioether (sulfide) groups is 2. The predicted octanol–water partition coefficient (Wildman–Crippen LogP) is 4.43. The number of rotatable bonds is 6. The van der Waals surface area contributed by atoms with Crippen molar-refractivity contribution in [1.82, 2.24) is 4.90 Å². The first-order valence-electron chi connectivity index (χ1n) is 8.39. The van der Waals surface area contributed by atoms with E-state index in [1.165, 1.54) is 23.5 Å². The Morgan fingerprint density at radius 1 is 1.15 bits per heavy atom. The molecule has 26 heavy (non-hydrogen) atoms. The van der Waals surface area contributed by atoms with E-state index in [1.807, 2.05) is 52.5 Å². The van der Waals surface area contributed by atoms with Crippen LogP contribution in [0.2, 0.25) is 0 Å². The van der Waals surface area contributed by atoms with Crippen molar-refractivity contribution in [2.75, 3.05) is 25.2 Å². The van der Waals surface area contributed by atoms with E-state index >= 15 is 0 Å². The molecule has 1 aliphatic heterocycles. The van der Waals surface area contributed by atoms with Gasteiger partial charge in [0.2, 0.25) is 0 Å². The molecule has 0 unspecified atom stereocenters. The van der Waals surface area contributed by atoms with Crippen LogP contribution in [0.5, 0.6) is 0 Å². The molecule has 1 amide bonds. The monoisotopic (exact) mass is 407 g/mol. The Labute approximate surface area is 166 Å². The van der Waals surface area contributed by atoms with E-state index in [9.17, 15) is 9.59 Å². The van der Waals surface area contributed by atoms with Crippen LogP contribution < -0.4 is 0 Å². The first-order chi connectivity index (χ1) is 12.6. The maximum Gasteiger partial charge on any atom is 0.338 e. The van der Waals surface area contributed by atoms with Crippen LogP contribution in [0.4, 0.5) is 0 Å². The number of hydrogen-bond acceptors (Lipinski definition) is 6. The highest BCUT2D eigenvalue weighted by atomic mass is 32.2. The van der Waals surface area contributed by atoms with Crippen molar-refractivity contribution in [3.05, 3.63) is 57.8 Å². The van der Waals surface area contributed by atoms with Gasteiger partial charge in [0.25, 0.3) is 5.91 Å². The molecule has 0 radical (unpaired) electrons. The molecule has 2 aromatic rings. The number of ether oxygens (including phenoxy) is 1. The van der Waals surface area contributed by atoms with Crippen molar-refractivity contribution in [2.45, 2.75) is 17.5 Å². The molecule has 0 N–H and O–H groups in total. The fourth-order valence-electron chi connectivity index (χ4n) is 2.52. The highest BCUT2D eigenvalue weighted by Gasteiger charge is 2.18. The molecule has 1 saturated heterocycles. The molecular formula is C19H21NO3S3. The number of carbonyl (C=O) groups excluding carboxylic acids is 2. The maximum absolute atomic E-state index is 12.2. The molecule has 7 heteroatoms. The Morgan fingerprint density at radius 2 is 1.88 bits per heavy atom. The summed E-state index contributed by atoms with van der Waals surface area (Å²) < 4.78 is 5.62. The summed E-state index contributed by atoms with van der Waals surface area (Å²) in [5.41, 5.74) is 2.78. The Bertz CT molecular complexity index is 725. The van der Waals surface area contributed by atoms with Gasteiger partial charge in [-0.25, -0.2) is 4.79 Å². The second kappa shape index (κ2) is 9.48. The molecule has 0 aliphatic carbocycles. The first-order valence-corrected chi connectivity index (χ1v) is 11.4. The number of esters is 1. The zero-order valence-corrected chi connectivity index (χ0v) is 17.0. The molecule has 2 heterocycles. The van der Waals surface area contributed by atoms with E-state index in [4.69, 9.17) is 4.74 Å². The Kier molecular flexibility index (Phi) is 7.05. The lowest BCUT2D eigenvalue weighted by atomic mass is 10.1. The quantitative estimate of drug-likeness (QED) is 0.663. The van der Waals surface area contributed by atoms with Gasteiger partial charge in [-0.1, -0.05) is 12.1 Å². The van der Waals surface area contributed by atoms with Crippen LogP contribution in [0.25, 0.3) is 0 Å². The summed E-state index contributed by atoms with van der Waals surface area (Å²) in [5.74, 6) is 1.69. The zero-order chi connectivity index (χ0) is 18.4. The second-order valence-corrected chi connectivity index (χ2v) is 9.51. The van der Waals surface area contributed by atoms with E-state index in [-0.39, 0.29) is 12.5 Å². The van der Waals surface area contributed by atoms with Crippen molar-refractivity contribution >= 4 is 46.7 Å². The average molecular weight is 408 g/mol. The number of nitrogens with zero attached hydrogens (tertiary/aromatic N) is 1. The predicted molar refractivity (Wildman–Crippen MR) is 110 cm³/mol. The van der Waals surface area contributed by atoms with Crippen LogP contribution >= 0.6 is 34.9 Å². The minimum atomic E-state index is -0.460. The third-order valence-corrected chi connectivity index (χ3v) is 7.75. The molecule has 0 bridgehead atoms. The van der Waals surface area contributed by atoms with Gasteiger partial charge in [-0.2, -0.15) is 11.3 Å². The largest absolute Gasteiger partial charge is 0.452 e. The molecule has 138 valence electrons. The summed E-state index contributed by atoms with van der Waals surface area (Å²) in [6, 6.07) is 9.51. The van der Waals surface area contributed by atoms with Crippen LogP contribution in [0, 0.1) is 0 Å². The Balaban J connectivity index is 1.48. The minimum Gasteiger partial charge on any atom is -0.452 e. The SMILES string of the molecule is CN(Cc1ccsc1)C(=O)COC(=O)c1ccc(C2SCCCS2)cc1. The van der Waals surface area contributed by atoms with Crippen LogP contribution in [-0.2, 0) is 16.1 Å². The summed E-state index contributed by atoms with van der Waals surface area (Å²) >= 11 is 5.49. The fourth-order valence-corrected chi connectivity index (χ4v) is 6.08. The summed E-state index contributed by atoms with van der Waals surface area (Å²) in [6.45, 7) is 0.279. The van der Waals surface area contributed by atoms with Crippen molar-refractivity contribution in [3.8, 4) is 0 Å². The fraction of sp³-hybridized carbons (Fsp3) is 0.368. The molecule has 0 atom stereocenters. The van der Waals surface area contributed by atoms with Gasteiger partial charge < -0.3 is 9.64 Å². The van der Waals surface area contributed by atoms with Crippen molar-refractivity contribution in [2.24, 2.45) is 0 Å². The summed E-state index contributed by atoms with van der Waals surface area (Å²) in [4.78, 5) is 25.9. The van der Waals surface area contributed by atoms with Gasteiger partial charge in [-0.15, -0.1) is 23.5 Å². The van der Waals surface area contributed by atoms with Gasteiger partial charge in [0.05, 0.1) is 10.1 Å². The maximum atomic E-state index is 12.2. The standard InChI is InChI=1S/C19H21NO3S3/c1-20(11-14-7-10-24-13-14)17(21)12-23-18(22)15-3-5-16(6-4-15)19-25-8-2-9-26-19/h3-7,10,13,19H,2,8-9,11-12H2,1H3. The topological polar surface area (TPSA) is 46.6 Å². The molecule has 1 aromatic carbocycles. The van der Waals surface area contributed by atoms with Gasteiger partial charge in [-0.05, 0) is 58.0 Å². The van der Waals surface area contributed by atoms with E-state index in [0.717, 1.165) is 5.56 Å². The molecule has 4 nitrogen and oxygen atoms in total. The number of likely N-dealkylation sites (N-methyl/N-ethyl adjacent to an activating group) is 1. The Morgan fingerprint density at radius 3 is 2.54 bits per heavy atom. The lowest BCUT2D eigenvalue weighted by molar-refractivity contribution is -0.133. The summed E-state index contributed by atoms with van der Waals surface area (Å²) in [6.07, 6.45) is 1.26. The third-order valence-electron chi connectivity index (χ3n) is 4.00. The van der Waals surface area contributed by atoms with Crippen LogP contribution in [0.1, 0.15) is 32.5 Å². The van der Waals surface area contributed by atoms with Gasteiger partial charge in [-0.3, -0.25) is 4.79 Å². The normalized spacial score (nSPS) is 14.8. The van der Waals surface area contributed by atoms with Crippen molar-refractivity contribution in [1.29, 1.82) is 0 Å². The molecular weight excluding hydrogens is 386 g/mol. The second-order valence-electron chi connectivity index (χ2n) is 6.01. The smallest absolute Gasteiger partial charge is 0.338 e. The number of hydrogen-bond donors (Lipinski definition) is 0. The number of thiophene rings is 1.